The first-order valence-electron chi connectivity index (χ1n) is 11.4. The highest BCUT2D eigenvalue weighted by Gasteiger charge is 2.14. The van der Waals surface area contributed by atoms with Gasteiger partial charge in [0, 0.05) is 45.1 Å². The van der Waals surface area contributed by atoms with Gasteiger partial charge in [0.2, 0.25) is 0 Å². The fourth-order valence-corrected chi connectivity index (χ4v) is 3.69. The summed E-state index contributed by atoms with van der Waals surface area (Å²) in [4.78, 5) is 4.76. The van der Waals surface area contributed by atoms with E-state index in [1.54, 1.807) is 7.11 Å². The van der Waals surface area contributed by atoms with E-state index in [9.17, 15) is 0 Å². The molecule has 1 aliphatic heterocycles. The molecule has 3 rings (SSSR count). The van der Waals surface area contributed by atoms with Gasteiger partial charge in [-0.2, -0.15) is 0 Å². The number of hydrogen-bond acceptors (Lipinski definition) is 5. The highest BCUT2D eigenvalue weighted by molar-refractivity contribution is 14.0. The Morgan fingerprint density at radius 3 is 2.84 bits per heavy atom. The predicted octanol–water partition coefficient (Wildman–Crippen LogP) is 3.25. The average molecular weight is 556 g/mol. The van der Waals surface area contributed by atoms with Crippen LogP contribution in [0, 0.1) is 6.92 Å². The van der Waals surface area contributed by atoms with Gasteiger partial charge >= 0.3 is 0 Å². The number of nitrogens with one attached hydrogen (secondary N) is 2. The van der Waals surface area contributed by atoms with Crippen molar-refractivity contribution in [2.24, 2.45) is 4.99 Å². The van der Waals surface area contributed by atoms with Gasteiger partial charge in [-0.15, -0.1) is 34.2 Å². The third kappa shape index (κ3) is 7.91. The molecule has 1 aliphatic rings. The van der Waals surface area contributed by atoms with Crippen LogP contribution in [0.5, 0.6) is 5.75 Å². The number of guanidine groups is 1. The molecule has 2 heterocycles. The van der Waals surface area contributed by atoms with Crippen LogP contribution in [0.25, 0.3) is 0 Å². The molecule has 1 aromatic carbocycles. The van der Waals surface area contributed by atoms with Gasteiger partial charge in [-0.25, -0.2) is 4.99 Å². The minimum Gasteiger partial charge on any atom is -0.491 e. The fourth-order valence-electron chi connectivity index (χ4n) is 3.69. The third-order valence-corrected chi connectivity index (χ3v) is 5.35. The highest BCUT2D eigenvalue weighted by Crippen LogP contribution is 2.21. The third-order valence-electron chi connectivity index (χ3n) is 5.35. The van der Waals surface area contributed by atoms with Crippen molar-refractivity contribution in [2.45, 2.75) is 59.0 Å². The molecule has 0 fully saturated rings. The molecule has 178 valence electrons. The molecule has 0 atom stereocenters. The van der Waals surface area contributed by atoms with Crippen LogP contribution in [0.15, 0.2) is 23.2 Å². The Hall–Kier alpha value is -1.88. The molecule has 2 N–H and O–H groups in total. The maximum Gasteiger partial charge on any atom is 0.191 e. The molecular weight excluding hydrogens is 519 g/mol. The average Bonchev–Trinajstić information content (AvgIpc) is 2.99. The van der Waals surface area contributed by atoms with Crippen molar-refractivity contribution >= 4 is 29.9 Å². The molecule has 0 spiro atoms. The zero-order valence-electron chi connectivity index (χ0n) is 19.5. The number of aromatic nitrogens is 3. The summed E-state index contributed by atoms with van der Waals surface area (Å²) in [6.45, 7) is 8.36. The van der Waals surface area contributed by atoms with E-state index < -0.39 is 0 Å². The van der Waals surface area contributed by atoms with E-state index in [2.05, 4.69) is 57.4 Å². The second kappa shape index (κ2) is 14.3. The number of nitrogens with zero attached hydrogens (tertiary/aromatic N) is 4. The van der Waals surface area contributed by atoms with Gasteiger partial charge in [-0.3, -0.25) is 0 Å². The normalized spacial score (nSPS) is 13.7. The van der Waals surface area contributed by atoms with E-state index in [1.165, 1.54) is 19.3 Å². The lowest BCUT2D eigenvalue weighted by atomic mass is 10.1. The standard InChI is InChI=1S/C23H36N6O2.HI/c1-4-24-23(25-12-11-22-28-27-21-8-6-5-7-13-29(21)22)26-17-19-10-9-18(2)16-20(19)31-15-14-30-3;/h9-10,16H,4-8,11-15,17H2,1-3H3,(H2,24,25,26);1H. The predicted molar refractivity (Wildman–Crippen MR) is 138 cm³/mol. The molecule has 0 unspecified atom stereocenters. The molecule has 0 radical (unpaired) electrons. The minimum absolute atomic E-state index is 0. The number of benzene rings is 1. The fraction of sp³-hybridized carbons (Fsp3) is 0.609. The lowest BCUT2D eigenvalue weighted by Gasteiger charge is -2.14. The number of fused-ring (bicyclic) bond motifs is 1. The highest BCUT2D eigenvalue weighted by atomic mass is 127. The van der Waals surface area contributed by atoms with Crippen LogP contribution in [0.3, 0.4) is 0 Å². The zero-order valence-corrected chi connectivity index (χ0v) is 21.9. The summed E-state index contributed by atoms with van der Waals surface area (Å²) in [6.07, 6.45) is 5.56. The summed E-state index contributed by atoms with van der Waals surface area (Å²) in [7, 11) is 1.68. The van der Waals surface area contributed by atoms with Crippen molar-refractivity contribution in [3.8, 4) is 5.75 Å². The van der Waals surface area contributed by atoms with Gasteiger partial charge in [0.25, 0.3) is 0 Å². The molecule has 2 aromatic rings. The van der Waals surface area contributed by atoms with Crippen LogP contribution in [-0.2, 0) is 30.7 Å². The second-order valence-electron chi connectivity index (χ2n) is 7.82. The lowest BCUT2D eigenvalue weighted by Crippen LogP contribution is -2.38. The Balaban J connectivity index is 0.00000363. The van der Waals surface area contributed by atoms with Crippen LogP contribution < -0.4 is 15.4 Å². The van der Waals surface area contributed by atoms with E-state index in [-0.39, 0.29) is 24.0 Å². The molecular formula is C23H37IN6O2. The molecule has 0 saturated heterocycles. The van der Waals surface area contributed by atoms with Crippen LogP contribution in [0.1, 0.15) is 49.0 Å². The molecule has 8 nitrogen and oxygen atoms in total. The molecule has 0 saturated carbocycles. The maximum absolute atomic E-state index is 5.89. The van der Waals surface area contributed by atoms with E-state index in [1.807, 2.05) is 0 Å². The second-order valence-corrected chi connectivity index (χ2v) is 7.82. The van der Waals surface area contributed by atoms with Crippen molar-refractivity contribution in [1.82, 2.24) is 25.4 Å². The van der Waals surface area contributed by atoms with Crippen LogP contribution in [0.4, 0.5) is 0 Å². The van der Waals surface area contributed by atoms with Crippen LogP contribution >= 0.6 is 24.0 Å². The molecule has 0 aliphatic carbocycles. The largest absolute Gasteiger partial charge is 0.491 e. The number of aliphatic imine (C=N–C) groups is 1. The number of ether oxygens (including phenoxy) is 2. The Labute approximate surface area is 208 Å². The Morgan fingerprint density at radius 1 is 1.16 bits per heavy atom. The van der Waals surface area contributed by atoms with Crippen molar-refractivity contribution in [1.29, 1.82) is 0 Å². The first-order chi connectivity index (χ1) is 15.2. The number of aryl methyl sites for hydroxylation is 2. The summed E-state index contributed by atoms with van der Waals surface area (Å²) < 4.78 is 13.3. The summed E-state index contributed by atoms with van der Waals surface area (Å²) in [5.41, 5.74) is 2.22. The Bertz CT molecular complexity index is 855. The quantitative estimate of drug-likeness (QED) is 0.202. The first kappa shape index (κ1) is 26.4. The number of rotatable bonds is 10. The monoisotopic (exact) mass is 556 g/mol. The number of halogens is 1. The van der Waals surface area contributed by atoms with Gasteiger partial charge in [-0.05, 0) is 38.3 Å². The molecule has 32 heavy (non-hydrogen) atoms. The SMILES string of the molecule is CCNC(=NCc1ccc(C)cc1OCCOC)NCCc1nnc2n1CCCCC2.I. The van der Waals surface area contributed by atoms with Gasteiger partial charge < -0.3 is 24.7 Å². The van der Waals surface area contributed by atoms with Gasteiger partial charge in [-0.1, -0.05) is 18.6 Å². The van der Waals surface area contributed by atoms with Crippen molar-refractivity contribution in [3.05, 3.63) is 41.0 Å². The molecule has 0 bridgehead atoms. The van der Waals surface area contributed by atoms with Crippen LogP contribution in [-0.4, -0.2) is 54.1 Å². The summed E-state index contributed by atoms with van der Waals surface area (Å²) in [5, 5.41) is 15.6. The first-order valence-corrected chi connectivity index (χ1v) is 11.4. The maximum atomic E-state index is 5.89. The van der Waals surface area contributed by atoms with Gasteiger partial charge in [0.05, 0.1) is 13.2 Å². The van der Waals surface area contributed by atoms with Crippen molar-refractivity contribution in [2.75, 3.05) is 33.4 Å². The van der Waals surface area contributed by atoms with E-state index in [0.717, 1.165) is 67.0 Å². The van der Waals surface area contributed by atoms with E-state index in [4.69, 9.17) is 14.5 Å². The van der Waals surface area contributed by atoms with Gasteiger partial charge in [0.15, 0.2) is 5.96 Å². The minimum atomic E-state index is 0. The van der Waals surface area contributed by atoms with E-state index in [0.29, 0.717) is 19.8 Å². The zero-order chi connectivity index (χ0) is 21.9. The summed E-state index contributed by atoms with van der Waals surface area (Å²) >= 11 is 0. The smallest absolute Gasteiger partial charge is 0.191 e. The topological polar surface area (TPSA) is 85.6 Å². The van der Waals surface area contributed by atoms with E-state index >= 15 is 0 Å². The summed E-state index contributed by atoms with van der Waals surface area (Å²) in [5.74, 6) is 3.85. The van der Waals surface area contributed by atoms with Crippen LogP contribution in [0.2, 0.25) is 0 Å². The lowest BCUT2D eigenvalue weighted by molar-refractivity contribution is 0.145. The molecule has 1 aromatic heterocycles. The Kier molecular flexibility index (Phi) is 11.8. The number of hydrogen-bond donors (Lipinski definition) is 2. The van der Waals surface area contributed by atoms with Gasteiger partial charge in [0.1, 0.15) is 24.0 Å². The molecule has 9 heteroatoms. The summed E-state index contributed by atoms with van der Waals surface area (Å²) in [6, 6.07) is 6.22. The number of methoxy groups -OCH3 is 1. The van der Waals surface area contributed by atoms with Crippen molar-refractivity contribution < 1.29 is 9.47 Å². The van der Waals surface area contributed by atoms with Crippen molar-refractivity contribution in [3.63, 3.8) is 0 Å². The molecule has 0 amide bonds. The Morgan fingerprint density at radius 2 is 2.03 bits per heavy atom.